The number of aliphatic hydroxyl groups excluding tert-OH is 1. The fourth-order valence-electron chi connectivity index (χ4n) is 3.39. The van der Waals surface area contributed by atoms with Gasteiger partial charge in [0.1, 0.15) is 17.3 Å². The lowest BCUT2D eigenvalue weighted by molar-refractivity contribution is -0.130. The Balaban J connectivity index is 1.99. The van der Waals surface area contributed by atoms with Crippen LogP contribution in [0.15, 0.2) is 83.5 Å². The molecule has 1 aliphatic rings. The van der Waals surface area contributed by atoms with E-state index in [9.17, 15) is 9.90 Å². The van der Waals surface area contributed by atoms with E-state index in [0.717, 1.165) is 5.56 Å². The molecule has 8 heteroatoms. The number of aliphatic imine (C=N–C) groups is 1. The number of rotatable bonds is 10. The Morgan fingerprint density at radius 2 is 1.84 bits per heavy atom. The van der Waals surface area contributed by atoms with Gasteiger partial charge in [0.15, 0.2) is 12.6 Å². The predicted molar refractivity (Wildman–Crippen MR) is 126 cm³/mol. The molecule has 0 saturated heterocycles. The lowest BCUT2D eigenvalue weighted by Crippen LogP contribution is -2.48. The van der Waals surface area contributed by atoms with Crippen LogP contribution in [-0.2, 0) is 11.3 Å². The summed E-state index contributed by atoms with van der Waals surface area (Å²) >= 11 is 6.04. The summed E-state index contributed by atoms with van der Waals surface area (Å²) in [5.74, 6) is 1.28. The molecule has 1 heterocycles. The summed E-state index contributed by atoms with van der Waals surface area (Å²) in [7, 11) is 1.78. The number of hydrogen-bond acceptors (Lipinski definition) is 6. The summed E-state index contributed by atoms with van der Waals surface area (Å²) in [6.07, 6.45) is 0.431. The highest BCUT2D eigenvalue weighted by Gasteiger charge is 2.36. The number of halogens is 1. The van der Waals surface area contributed by atoms with Gasteiger partial charge in [-0.15, -0.1) is 0 Å². The zero-order chi connectivity index (χ0) is 23.1. The SMILES string of the molecule is C=NC1=C(N(COc2ccccc2)Cc2ccc(Cl)cc2)C(=O)N(CCCO)C(=C)N1C. The number of hydrogen-bond donors (Lipinski definition) is 1. The molecule has 32 heavy (non-hydrogen) atoms. The molecule has 0 atom stereocenters. The van der Waals surface area contributed by atoms with Crippen molar-refractivity contribution in [3.8, 4) is 5.75 Å². The molecule has 1 aliphatic heterocycles. The van der Waals surface area contributed by atoms with E-state index in [1.165, 1.54) is 4.90 Å². The minimum absolute atomic E-state index is 0.0298. The predicted octanol–water partition coefficient (Wildman–Crippen LogP) is 3.68. The first kappa shape index (κ1) is 23.4. The molecule has 0 aliphatic carbocycles. The number of para-hydroxylation sites is 1. The van der Waals surface area contributed by atoms with E-state index in [-0.39, 0.29) is 19.2 Å². The van der Waals surface area contributed by atoms with E-state index in [1.54, 1.807) is 24.1 Å². The second-order valence-corrected chi connectivity index (χ2v) is 7.69. The normalized spacial score (nSPS) is 14.1. The summed E-state index contributed by atoms with van der Waals surface area (Å²) in [4.78, 5) is 22.8. The van der Waals surface area contributed by atoms with Gasteiger partial charge in [-0.3, -0.25) is 9.69 Å². The second-order valence-electron chi connectivity index (χ2n) is 7.25. The van der Waals surface area contributed by atoms with Crippen molar-refractivity contribution < 1.29 is 14.6 Å². The monoisotopic (exact) mass is 454 g/mol. The van der Waals surface area contributed by atoms with Gasteiger partial charge in [-0.25, -0.2) is 4.99 Å². The molecule has 0 spiro atoms. The molecule has 7 nitrogen and oxygen atoms in total. The third kappa shape index (κ3) is 5.30. The van der Waals surface area contributed by atoms with Crippen molar-refractivity contribution in [2.24, 2.45) is 4.99 Å². The Bertz CT molecular complexity index is 992. The average molecular weight is 455 g/mol. The zero-order valence-corrected chi connectivity index (χ0v) is 18.8. The highest BCUT2D eigenvalue weighted by Crippen LogP contribution is 2.30. The third-order valence-electron chi connectivity index (χ3n) is 5.10. The Hall–Kier alpha value is -3.29. The van der Waals surface area contributed by atoms with E-state index >= 15 is 0 Å². The van der Waals surface area contributed by atoms with Crippen LogP contribution in [0, 0.1) is 0 Å². The molecule has 0 fully saturated rings. The fourth-order valence-corrected chi connectivity index (χ4v) is 3.51. The molecule has 2 aromatic carbocycles. The van der Waals surface area contributed by atoms with Crippen LogP contribution in [0.4, 0.5) is 0 Å². The highest BCUT2D eigenvalue weighted by molar-refractivity contribution is 6.30. The Morgan fingerprint density at radius 3 is 2.47 bits per heavy atom. The summed E-state index contributed by atoms with van der Waals surface area (Å²) < 4.78 is 5.99. The van der Waals surface area contributed by atoms with Crippen LogP contribution in [0.3, 0.4) is 0 Å². The highest BCUT2D eigenvalue weighted by atomic mass is 35.5. The van der Waals surface area contributed by atoms with Gasteiger partial charge in [-0.1, -0.05) is 48.5 Å². The second kappa shape index (κ2) is 10.8. The topological polar surface area (TPSA) is 68.6 Å². The molecule has 1 amide bonds. The lowest BCUT2D eigenvalue weighted by atomic mass is 10.1. The minimum atomic E-state index is -0.269. The van der Waals surface area contributed by atoms with Crippen LogP contribution < -0.4 is 4.74 Å². The van der Waals surface area contributed by atoms with Gasteiger partial charge in [0.25, 0.3) is 5.91 Å². The van der Waals surface area contributed by atoms with Crippen molar-refractivity contribution in [3.63, 3.8) is 0 Å². The van der Waals surface area contributed by atoms with Crippen LogP contribution in [0.5, 0.6) is 5.75 Å². The number of aliphatic hydroxyl groups is 1. The van der Waals surface area contributed by atoms with E-state index in [2.05, 4.69) is 18.3 Å². The van der Waals surface area contributed by atoms with Gasteiger partial charge in [0.05, 0.1) is 0 Å². The number of carbonyl (C=O) groups excluding carboxylic acids is 1. The number of nitrogens with zero attached hydrogens (tertiary/aromatic N) is 4. The van der Waals surface area contributed by atoms with Crippen LogP contribution in [-0.4, -0.2) is 59.4 Å². The molecule has 0 saturated carbocycles. The van der Waals surface area contributed by atoms with E-state index in [0.29, 0.717) is 47.6 Å². The van der Waals surface area contributed by atoms with Gasteiger partial charge in [0.2, 0.25) is 0 Å². The summed E-state index contributed by atoms with van der Waals surface area (Å²) in [6.45, 7) is 8.50. The molecule has 3 rings (SSSR count). The number of ether oxygens (including phenoxy) is 1. The molecule has 1 N–H and O–H groups in total. The van der Waals surface area contributed by atoms with E-state index < -0.39 is 0 Å². The summed E-state index contributed by atoms with van der Waals surface area (Å²) in [5, 5.41) is 9.91. The number of benzene rings is 2. The maximum atomic E-state index is 13.5. The van der Waals surface area contributed by atoms with Crippen molar-refractivity contribution in [2.45, 2.75) is 13.0 Å². The Kier molecular flexibility index (Phi) is 7.92. The zero-order valence-electron chi connectivity index (χ0n) is 18.1. The van der Waals surface area contributed by atoms with Crippen molar-refractivity contribution in [1.29, 1.82) is 0 Å². The van der Waals surface area contributed by atoms with Crippen molar-refractivity contribution in [3.05, 3.63) is 89.1 Å². The smallest absolute Gasteiger partial charge is 0.279 e. The summed E-state index contributed by atoms with van der Waals surface area (Å²) in [6, 6.07) is 16.8. The number of carbonyl (C=O) groups is 1. The largest absolute Gasteiger partial charge is 0.473 e. The van der Waals surface area contributed by atoms with Gasteiger partial charge in [-0.2, -0.15) is 0 Å². The first-order chi connectivity index (χ1) is 15.5. The van der Waals surface area contributed by atoms with E-state index in [1.807, 2.05) is 47.4 Å². The third-order valence-corrected chi connectivity index (χ3v) is 5.35. The van der Waals surface area contributed by atoms with E-state index in [4.69, 9.17) is 16.3 Å². The minimum Gasteiger partial charge on any atom is -0.473 e. The van der Waals surface area contributed by atoms with Gasteiger partial charge >= 0.3 is 0 Å². The van der Waals surface area contributed by atoms with Crippen LogP contribution in [0.2, 0.25) is 5.02 Å². The quantitative estimate of drug-likeness (QED) is 0.438. The molecule has 0 bridgehead atoms. The van der Waals surface area contributed by atoms with Gasteiger partial charge < -0.3 is 19.6 Å². The number of amides is 1. The molecule has 2 aromatic rings. The fraction of sp³-hybridized carbons (Fsp3) is 0.250. The van der Waals surface area contributed by atoms with Crippen LogP contribution in [0.1, 0.15) is 12.0 Å². The van der Waals surface area contributed by atoms with Crippen molar-refractivity contribution in [2.75, 3.05) is 26.9 Å². The molecular weight excluding hydrogens is 428 g/mol. The average Bonchev–Trinajstić information content (AvgIpc) is 2.81. The van der Waals surface area contributed by atoms with Crippen molar-refractivity contribution >= 4 is 24.2 Å². The lowest BCUT2D eigenvalue weighted by Gasteiger charge is -2.40. The Morgan fingerprint density at radius 1 is 1.16 bits per heavy atom. The van der Waals surface area contributed by atoms with Crippen LogP contribution >= 0.6 is 11.6 Å². The molecule has 0 aromatic heterocycles. The molecule has 0 unspecified atom stereocenters. The van der Waals surface area contributed by atoms with Crippen LogP contribution in [0.25, 0.3) is 0 Å². The Labute approximate surface area is 193 Å². The summed E-state index contributed by atoms with van der Waals surface area (Å²) in [5.41, 5.74) is 1.29. The maximum Gasteiger partial charge on any atom is 0.279 e. The first-order valence-corrected chi connectivity index (χ1v) is 10.6. The maximum absolute atomic E-state index is 13.5. The van der Waals surface area contributed by atoms with Gasteiger partial charge in [-0.05, 0) is 43.0 Å². The van der Waals surface area contributed by atoms with Crippen molar-refractivity contribution in [1.82, 2.24) is 14.7 Å². The molecule has 0 radical (unpaired) electrons. The standard InChI is InChI=1S/C24H27ClN4O3/c1-18-27(3)23(26-2)22(24(31)29(18)14-7-15-30)28(16-19-10-12-20(25)13-11-19)17-32-21-8-5-4-6-9-21/h4-6,8-13,30H,1-2,7,14-17H2,3H3. The molecule has 168 valence electrons. The van der Waals surface area contributed by atoms with Gasteiger partial charge in [0, 0.05) is 31.8 Å². The first-order valence-electron chi connectivity index (χ1n) is 10.2. The molecular formula is C24H27ClN4O3.